The van der Waals surface area contributed by atoms with Crippen LogP contribution < -0.4 is 5.32 Å². The lowest BCUT2D eigenvalue weighted by atomic mass is 10.1. The Bertz CT molecular complexity index is 591. The molecular formula is C12H14Br3N3S. The molecule has 2 rings (SSSR count). The van der Waals surface area contributed by atoms with Crippen LogP contribution in [0.2, 0.25) is 0 Å². The first-order chi connectivity index (χ1) is 8.93. The molecule has 1 N–H and O–H groups in total. The summed E-state index contributed by atoms with van der Waals surface area (Å²) in [5.74, 6) is 0. The Morgan fingerprint density at radius 1 is 1.42 bits per heavy atom. The number of hydrogen-bond acceptors (Lipinski definition) is 3. The molecule has 19 heavy (non-hydrogen) atoms. The van der Waals surface area contributed by atoms with Crippen LogP contribution in [0.5, 0.6) is 0 Å². The van der Waals surface area contributed by atoms with Crippen molar-refractivity contribution in [1.82, 2.24) is 15.1 Å². The van der Waals surface area contributed by atoms with Crippen LogP contribution in [0, 0.1) is 6.92 Å². The van der Waals surface area contributed by atoms with Crippen molar-refractivity contribution < 1.29 is 0 Å². The zero-order valence-corrected chi connectivity index (χ0v) is 16.4. The van der Waals surface area contributed by atoms with Gasteiger partial charge in [0.05, 0.1) is 23.4 Å². The first kappa shape index (κ1) is 15.7. The quantitative estimate of drug-likeness (QED) is 0.707. The van der Waals surface area contributed by atoms with E-state index in [1.54, 1.807) is 11.3 Å². The van der Waals surface area contributed by atoms with Gasteiger partial charge in [0.25, 0.3) is 0 Å². The molecule has 0 radical (unpaired) electrons. The summed E-state index contributed by atoms with van der Waals surface area (Å²) in [7, 11) is 3.97. The van der Waals surface area contributed by atoms with Crippen LogP contribution in [0.1, 0.15) is 23.0 Å². The standard InChI is InChI=1S/C12H14Br3N3S/c1-6-11(14)9(18(3)17-6)5-8(16-2)7-4-10(13)19-12(7)15/h4,8,16H,5H2,1-3H3. The van der Waals surface area contributed by atoms with Gasteiger partial charge in [-0.25, -0.2) is 0 Å². The second-order valence-corrected chi connectivity index (χ2v) is 8.84. The number of likely N-dealkylation sites (N-methyl/N-ethyl adjacent to an activating group) is 1. The summed E-state index contributed by atoms with van der Waals surface area (Å²) >= 11 is 12.5. The zero-order chi connectivity index (χ0) is 14.2. The molecule has 2 heterocycles. The van der Waals surface area contributed by atoms with E-state index in [-0.39, 0.29) is 6.04 Å². The lowest BCUT2D eigenvalue weighted by Crippen LogP contribution is -2.20. The topological polar surface area (TPSA) is 29.9 Å². The first-order valence-corrected chi connectivity index (χ1v) is 8.93. The van der Waals surface area contributed by atoms with Gasteiger partial charge in [-0.1, -0.05) is 0 Å². The Hall–Kier alpha value is 0.310. The van der Waals surface area contributed by atoms with Gasteiger partial charge in [-0.2, -0.15) is 5.10 Å². The molecule has 0 saturated carbocycles. The molecule has 0 aliphatic carbocycles. The predicted molar refractivity (Wildman–Crippen MR) is 90.9 cm³/mol. The number of aryl methyl sites for hydroxylation is 2. The highest BCUT2D eigenvalue weighted by Gasteiger charge is 2.20. The highest BCUT2D eigenvalue weighted by molar-refractivity contribution is 9.12. The molecule has 7 heteroatoms. The van der Waals surface area contributed by atoms with Gasteiger partial charge in [0.2, 0.25) is 0 Å². The van der Waals surface area contributed by atoms with E-state index in [9.17, 15) is 0 Å². The van der Waals surface area contributed by atoms with Crippen LogP contribution in [0.25, 0.3) is 0 Å². The minimum Gasteiger partial charge on any atom is -0.313 e. The minimum atomic E-state index is 0.253. The molecule has 0 aliphatic heterocycles. The number of aromatic nitrogens is 2. The average Bonchev–Trinajstić information content (AvgIpc) is 2.79. The summed E-state index contributed by atoms with van der Waals surface area (Å²) < 4.78 is 5.34. The van der Waals surface area contributed by atoms with E-state index < -0.39 is 0 Å². The third-order valence-electron chi connectivity index (χ3n) is 3.07. The van der Waals surface area contributed by atoms with E-state index in [1.807, 2.05) is 25.7 Å². The number of nitrogens with one attached hydrogen (secondary N) is 1. The molecule has 0 fully saturated rings. The SMILES string of the molecule is CNC(Cc1c(Br)c(C)nn1C)c1cc(Br)sc1Br. The maximum atomic E-state index is 4.44. The fourth-order valence-corrected chi connectivity index (χ4v) is 5.53. The Morgan fingerprint density at radius 2 is 2.11 bits per heavy atom. The van der Waals surface area contributed by atoms with Crippen molar-refractivity contribution >= 4 is 59.1 Å². The molecule has 0 aliphatic rings. The maximum Gasteiger partial charge on any atom is 0.0758 e. The number of rotatable bonds is 4. The zero-order valence-electron chi connectivity index (χ0n) is 10.8. The van der Waals surface area contributed by atoms with Crippen molar-refractivity contribution in [3.63, 3.8) is 0 Å². The van der Waals surface area contributed by atoms with Crippen LogP contribution in [0.15, 0.2) is 18.1 Å². The van der Waals surface area contributed by atoms with E-state index in [0.717, 1.165) is 24.2 Å². The van der Waals surface area contributed by atoms with Crippen molar-refractivity contribution in [2.45, 2.75) is 19.4 Å². The Balaban J connectivity index is 2.31. The normalized spacial score (nSPS) is 12.9. The maximum absolute atomic E-state index is 4.44. The van der Waals surface area contributed by atoms with Gasteiger partial charge in [0, 0.05) is 19.5 Å². The fraction of sp³-hybridized carbons (Fsp3) is 0.417. The summed E-state index contributed by atoms with van der Waals surface area (Å²) in [4.78, 5) is 0. The highest BCUT2D eigenvalue weighted by Crippen LogP contribution is 2.37. The molecular weight excluding hydrogens is 458 g/mol. The van der Waals surface area contributed by atoms with Crippen LogP contribution in [-0.4, -0.2) is 16.8 Å². The molecule has 3 nitrogen and oxygen atoms in total. The van der Waals surface area contributed by atoms with Crippen LogP contribution >= 0.6 is 59.1 Å². The smallest absolute Gasteiger partial charge is 0.0758 e. The minimum absolute atomic E-state index is 0.253. The van der Waals surface area contributed by atoms with Crippen molar-refractivity contribution in [3.05, 3.63) is 35.1 Å². The van der Waals surface area contributed by atoms with Gasteiger partial charge in [-0.3, -0.25) is 4.68 Å². The van der Waals surface area contributed by atoms with Gasteiger partial charge in [0.1, 0.15) is 0 Å². The van der Waals surface area contributed by atoms with Crippen molar-refractivity contribution in [1.29, 1.82) is 0 Å². The largest absolute Gasteiger partial charge is 0.313 e. The van der Waals surface area contributed by atoms with Crippen molar-refractivity contribution in [3.8, 4) is 0 Å². The predicted octanol–water partition coefficient (Wildman–Crippen LogP) is 4.58. The summed E-state index contributed by atoms with van der Waals surface area (Å²) in [6.07, 6.45) is 0.885. The molecule has 2 aromatic rings. The highest BCUT2D eigenvalue weighted by atomic mass is 79.9. The molecule has 0 spiro atoms. The second kappa shape index (κ2) is 6.39. The molecule has 0 amide bonds. The summed E-state index contributed by atoms with van der Waals surface area (Å²) in [6, 6.07) is 2.41. The summed E-state index contributed by atoms with van der Waals surface area (Å²) in [5.41, 5.74) is 3.49. The van der Waals surface area contributed by atoms with E-state index in [2.05, 4.69) is 64.3 Å². The van der Waals surface area contributed by atoms with Gasteiger partial charge < -0.3 is 5.32 Å². The van der Waals surface area contributed by atoms with E-state index >= 15 is 0 Å². The molecule has 0 bridgehead atoms. The van der Waals surface area contributed by atoms with Crippen LogP contribution in [0.3, 0.4) is 0 Å². The molecule has 104 valence electrons. The number of nitrogens with zero attached hydrogens (tertiary/aromatic N) is 2. The Morgan fingerprint density at radius 3 is 2.53 bits per heavy atom. The van der Waals surface area contributed by atoms with Gasteiger partial charge in [-0.15, -0.1) is 11.3 Å². The second-order valence-electron chi connectivity index (χ2n) is 4.29. The lowest BCUT2D eigenvalue weighted by Gasteiger charge is -2.16. The molecule has 2 aromatic heterocycles. The summed E-state index contributed by atoms with van der Waals surface area (Å²) in [6.45, 7) is 2.01. The molecule has 0 aromatic carbocycles. The van der Waals surface area contributed by atoms with Crippen LogP contribution in [-0.2, 0) is 13.5 Å². The molecule has 0 saturated heterocycles. The monoisotopic (exact) mass is 469 g/mol. The summed E-state index contributed by atoms with van der Waals surface area (Å²) in [5, 5.41) is 7.82. The average molecular weight is 472 g/mol. The first-order valence-electron chi connectivity index (χ1n) is 5.74. The van der Waals surface area contributed by atoms with Crippen molar-refractivity contribution in [2.24, 2.45) is 7.05 Å². The number of hydrogen-bond donors (Lipinski definition) is 1. The third kappa shape index (κ3) is 3.32. The van der Waals surface area contributed by atoms with E-state index in [1.165, 1.54) is 11.3 Å². The fourth-order valence-electron chi connectivity index (χ4n) is 2.05. The Labute approximate surface area is 142 Å². The molecule has 1 atom stereocenters. The van der Waals surface area contributed by atoms with Crippen molar-refractivity contribution in [2.75, 3.05) is 7.05 Å². The molecule has 1 unspecified atom stereocenters. The Kier molecular flexibility index (Phi) is 5.28. The van der Waals surface area contributed by atoms with Gasteiger partial charge in [-0.05, 0) is 73.4 Å². The number of thiophene rings is 1. The van der Waals surface area contributed by atoms with Gasteiger partial charge >= 0.3 is 0 Å². The number of halogens is 3. The van der Waals surface area contributed by atoms with Crippen LogP contribution in [0.4, 0.5) is 0 Å². The van der Waals surface area contributed by atoms with Gasteiger partial charge in [0.15, 0.2) is 0 Å². The van der Waals surface area contributed by atoms with E-state index in [4.69, 9.17) is 0 Å². The van der Waals surface area contributed by atoms with E-state index in [0.29, 0.717) is 0 Å². The lowest BCUT2D eigenvalue weighted by molar-refractivity contribution is 0.560. The third-order valence-corrected chi connectivity index (χ3v) is 6.48.